The van der Waals surface area contributed by atoms with E-state index in [1.54, 1.807) is 0 Å². The molecule has 0 aliphatic heterocycles. The van der Waals surface area contributed by atoms with E-state index in [-0.39, 0.29) is 6.61 Å². The summed E-state index contributed by atoms with van der Waals surface area (Å²) in [6, 6.07) is 0. The molecule has 11 heteroatoms. The lowest BCUT2D eigenvalue weighted by atomic mass is 10.1. The summed E-state index contributed by atoms with van der Waals surface area (Å²) in [5, 5.41) is -1.37. The number of esters is 1. The van der Waals surface area contributed by atoms with E-state index in [0.29, 0.717) is 0 Å². The molecule has 2 rings (SSSR count). The monoisotopic (exact) mass is 474 g/mol. The van der Waals surface area contributed by atoms with Crippen molar-refractivity contribution < 1.29 is 45.3 Å². The van der Waals surface area contributed by atoms with Gasteiger partial charge in [0.05, 0.1) is 30.3 Å². The minimum atomic E-state index is -4.76. The zero-order chi connectivity index (χ0) is 23.7. The number of carbonyl (C=O) groups is 1. The van der Waals surface area contributed by atoms with Gasteiger partial charge in [0.1, 0.15) is 11.6 Å². The van der Waals surface area contributed by atoms with Gasteiger partial charge < -0.3 is 14.2 Å². The summed E-state index contributed by atoms with van der Waals surface area (Å²) < 4.78 is 96.1. The number of rotatable bonds is 8. The average Bonchev–Trinajstić information content (AvgIpc) is 3.22. The number of ether oxygens (including phenoxy) is 3. The maximum absolute atomic E-state index is 14.6. The molecule has 0 amide bonds. The van der Waals surface area contributed by atoms with Crippen LogP contribution in [0.4, 0.5) is 26.3 Å². The van der Waals surface area contributed by atoms with Crippen molar-refractivity contribution in [1.82, 2.24) is 0 Å². The van der Waals surface area contributed by atoms with E-state index in [1.165, 1.54) is 27.9 Å². The van der Waals surface area contributed by atoms with Crippen molar-refractivity contribution in [2.45, 2.75) is 40.2 Å². The molecular weight excluding hydrogens is 454 g/mol. The van der Waals surface area contributed by atoms with Crippen LogP contribution in [-0.4, -0.2) is 25.9 Å². The van der Waals surface area contributed by atoms with E-state index in [9.17, 15) is 31.1 Å². The van der Waals surface area contributed by atoms with Crippen LogP contribution in [0.1, 0.15) is 31.9 Å². The van der Waals surface area contributed by atoms with Crippen LogP contribution in [0.15, 0.2) is 11.1 Å². The third-order valence-electron chi connectivity index (χ3n) is 5.16. The summed E-state index contributed by atoms with van der Waals surface area (Å²) in [4.78, 5) is 12.4. The third kappa shape index (κ3) is 5.11. The highest BCUT2D eigenvalue weighted by Gasteiger charge is 2.62. The maximum Gasteiger partial charge on any atom is 0.426 e. The first-order valence-electron chi connectivity index (χ1n) is 9.20. The Hall–Kier alpha value is -1.94. The van der Waals surface area contributed by atoms with E-state index < -0.39 is 82.0 Å². The van der Waals surface area contributed by atoms with Crippen LogP contribution in [-0.2, 0) is 27.5 Å². The number of methoxy groups -OCH3 is 1. The van der Waals surface area contributed by atoms with Crippen molar-refractivity contribution in [3.63, 3.8) is 0 Å². The number of hydrogen-bond donors (Lipinski definition) is 0. The number of carbonyl (C=O) groups excluding carboxylic acids is 1. The molecule has 0 saturated heterocycles. The van der Waals surface area contributed by atoms with Gasteiger partial charge in [-0.1, -0.05) is 31.5 Å². The highest BCUT2D eigenvalue weighted by molar-refractivity contribution is 6.30. The van der Waals surface area contributed by atoms with Crippen molar-refractivity contribution in [3.8, 4) is 5.75 Å². The summed E-state index contributed by atoms with van der Waals surface area (Å²) in [5.41, 5.74) is -2.25. The number of alkyl halides is 3. The summed E-state index contributed by atoms with van der Waals surface area (Å²) >= 11 is 5.24. The molecule has 1 saturated carbocycles. The van der Waals surface area contributed by atoms with Gasteiger partial charge in [-0.3, -0.25) is 4.79 Å². The highest BCUT2D eigenvalue weighted by atomic mass is 35.5. The Morgan fingerprint density at radius 1 is 1.10 bits per heavy atom. The van der Waals surface area contributed by atoms with Gasteiger partial charge in [-0.05, 0) is 18.3 Å². The molecule has 1 fully saturated rings. The zero-order valence-electron chi connectivity index (χ0n) is 17.1. The predicted molar refractivity (Wildman–Crippen MR) is 98.7 cm³/mol. The predicted octanol–water partition coefficient (Wildman–Crippen LogP) is 5.65. The van der Waals surface area contributed by atoms with E-state index >= 15 is 0 Å². The SMILES string of the molecule is CCOc1c(F)c(COC)c(F)c(F)c1COC(=O)[C@H]1[C@@H](/C=C(\Cl)C(F)(F)F)C1(C)C. The van der Waals surface area contributed by atoms with Crippen molar-refractivity contribution >= 4 is 17.6 Å². The molecule has 0 radical (unpaired) electrons. The second-order valence-corrected chi connectivity index (χ2v) is 7.95. The Kier molecular flexibility index (Phi) is 7.58. The Morgan fingerprint density at radius 3 is 2.19 bits per heavy atom. The molecule has 0 unspecified atom stereocenters. The molecule has 1 aliphatic carbocycles. The molecule has 0 N–H and O–H groups in total. The smallest absolute Gasteiger partial charge is 0.426 e. The quantitative estimate of drug-likeness (QED) is 0.277. The Balaban J connectivity index is 2.26. The molecule has 2 atom stereocenters. The fraction of sp³-hybridized carbons (Fsp3) is 0.550. The second-order valence-electron chi connectivity index (χ2n) is 7.54. The highest BCUT2D eigenvalue weighted by Crippen LogP contribution is 2.60. The van der Waals surface area contributed by atoms with Crippen LogP contribution in [0.5, 0.6) is 5.75 Å². The first-order chi connectivity index (χ1) is 14.3. The van der Waals surface area contributed by atoms with Gasteiger partial charge >= 0.3 is 12.1 Å². The molecular formula is C20H21ClF6O4. The Labute approximate surface area is 180 Å². The fourth-order valence-corrected chi connectivity index (χ4v) is 3.49. The summed E-state index contributed by atoms with van der Waals surface area (Å²) in [6.45, 7) is 3.03. The zero-order valence-corrected chi connectivity index (χ0v) is 17.9. The molecule has 0 heterocycles. The number of benzene rings is 1. The van der Waals surface area contributed by atoms with E-state index in [0.717, 1.165) is 6.08 Å². The first-order valence-corrected chi connectivity index (χ1v) is 9.57. The van der Waals surface area contributed by atoms with Gasteiger partial charge in [-0.15, -0.1) is 0 Å². The van der Waals surface area contributed by atoms with Crippen molar-refractivity contribution in [2.24, 2.45) is 17.3 Å². The van der Waals surface area contributed by atoms with Crippen LogP contribution in [0.2, 0.25) is 0 Å². The molecule has 0 bridgehead atoms. The molecule has 1 aromatic rings. The average molecular weight is 475 g/mol. The van der Waals surface area contributed by atoms with Crippen LogP contribution < -0.4 is 4.74 Å². The normalized spacial score (nSPS) is 20.5. The van der Waals surface area contributed by atoms with Gasteiger partial charge in [-0.25, -0.2) is 13.2 Å². The molecule has 0 aromatic heterocycles. The number of halogens is 7. The maximum atomic E-state index is 14.6. The Morgan fingerprint density at radius 2 is 1.68 bits per heavy atom. The van der Waals surface area contributed by atoms with Crippen LogP contribution >= 0.6 is 11.6 Å². The van der Waals surface area contributed by atoms with Crippen molar-refractivity contribution in [3.05, 3.63) is 39.7 Å². The van der Waals surface area contributed by atoms with Gasteiger partial charge in [-0.2, -0.15) is 13.2 Å². The first kappa shape index (κ1) is 25.3. The van der Waals surface area contributed by atoms with Gasteiger partial charge in [0.15, 0.2) is 23.2 Å². The van der Waals surface area contributed by atoms with E-state index in [1.807, 2.05) is 0 Å². The van der Waals surface area contributed by atoms with Gasteiger partial charge in [0.25, 0.3) is 0 Å². The van der Waals surface area contributed by atoms with Crippen LogP contribution in [0, 0.1) is 34.7 Å². The molecule has 1 aliphatic rings. The van der Waals surface area contributed by atoms with Crippen molar-refractivity contribution in [1.29, 1.82) is 0 Å². The molecule has 1 aromatic carbocycles. The molecule has 4 nitrogen and oxygen atoms in total. The standard InChI is InChI=1S/C20H21ClF6O4/c1-5-30-17-10(15(23)14(22)9(7-29-4)16(17)24)8-31-18(28)13-11(19(13,2)3)6-12(21)20(25,26)27/h6,11,13H,5,7-8H2,1-4H3/b12-6-/t11-,13-/m1/s1. The largest absolute Gasteiger partial charge is 0.490 e. The summed E-state index contributed by atoms with van der Waals surface area (Å²) in [6.07, 6.45) is -4.04. The minimum Gasteiger partial charge on any atom is -0.490 e. The Bertz CT molecular complexity index is 882. The topological polar surface area (TPSA) is 44.8 Å². The minimum absolute atomic E-state index is 0.0895. The molecule has 31 heavy (non-hydrogen) atoms. The number of allylic oxidation sites excluding steroid dienone is 2. The third-order valence-corrected chi connectivity index (χ3v) is 5.50. The summed E-state index contributed by atoms with van der Waals surface area (Å²) in [5.74, 6) is -7.64. The molecule has 174 valence electrons. The lowest BCUT2D eigenvalue weighted by Crippen LogP contribution is -2.15. The molecule has 0 spiro atoms. The fourth-order valence-electron chi connectivity index (χ4n) is 3.35. The van der Waals surface area contributed by atoms with Crippen molar-refractivity contribution in [2.75, 3.05) is 13.7 Å². The van der Waals surface area contributed by atoms with Crippen LogP contribution in [0.25, 0.3) is 0 Å². The van der Waals surface area contributed by atoms with E-state index in [2.05, 4.69) is 4.74 Å². The number of hydrogen-bond acceptors (Lipinski definition) is 4. The second kappa shape index (κ2) is 9.28. The van der Waals surface area contributed by atoms with Gasteiger partial charge in [0, 0.05) is 7.11 Å². The lowest BCUT2D eigenvalue weighted by Gasteiger charge is -2.16. The lowest BCUT2D eigenvalue weighted by molar-refractivity contribution is -0.147. The van der Waals surface area contributed by atoms with E-state index in [4.69, 9.17) is 21.1 Å². The van der Waals surface area contributed by atoms with Gasteiger partial charge in [0.2, 0.25) is 0 Å². The summed E-state index contributed by atoms with van der Waals surface area (Å²) in [7, 11) is 1.17. The van der Waals surface area contributed by atoms with Crippen LogP contribution in [0.3, 0.4) is 0 Å².